The van der Waals surface area contributed by atoms with Gasteiger partial charge in [-0.3, -0.25) is 9.78 Å². The Morgan fingerprint density at radius 2 is 2.18 bits per heavy atom. The number of carbonyl (C=O) groups excluding carboxylic acids is 1. The number of amides is 1. The standard InChI is InChI=1S/C12H10ClN3O/c1-8-6-9(13)2-3-10(8)12(17)16-11-7-14-4-5-15-11/h2-7H,1H3,(H,15,16,17). The molecule has 5 heteroatoms. The van der Waals surface area contributed by atoms with Gasteiger partial charge < -0.3 is 5.32 Å². The highest BCUT2D eigenvalue weighted by molar-refractivity contribution is 6.30. The molecule has 0 atom stereocenters. The molecule has 0 fully saturated rings. The molecule has 2 rings (SSSR count). The van der Waals surface area contributed by atoms with Crippen LogP contribution in [0.15, 0.2) is 36.8 Å². The number of halogens is 1. The van der Waals surface area contributed by atoms with E-state index in [0.29, 0.717) is 16.4 Å². The molecular formula is C12H10ClN3O. The van der Waals surface area contributed by atoms with E-state index in [2.05, 4.69) is 15.3 Å². The third-order valence-corrected chi connectivity index (χ3v) is 2.47. The van der Waals surface area contributed by atoms with Crippen molar-refractivity contribution in [2.75, 3.05) is 5.32 Å². The van der Waals surface area contributed by atoms with Crippen LogP contribution in [0, 0.1) is 6.92 Å². The number of rotatable bonds is 2. The lowest BCUT2D eigenvalue weighted by molar-refractivity contribution is 0.102. The third-order valence-electron chi connectivity index (χ3n) is 2.24. The second kappa shape index (κ2) is 4.93. The fourth-order valence-electron chi connectivity index (χ4n) is 1.43. The van der Waals surface area contributed by atoms with E-state index in [-0.39, 0.29) is 5.91 Å². The fourth-order valence-corrected chi connectivity index (χ4v) is 1.66. The highest BCUT2D eigenvalue weighted by Crippen LogP contribution is 2.16. The lowest BCUT2D eigenvalue weighted by atomic mass is 10.1. The number of benzene rings is 1. The van der Waals surface area contributed by atoms with Gasteiger partial charge in [0.15, 0.2) is 5.82 Å². The van der Waals surface area contributed by atoms with Crippen LogP contribution in [0.3, 0.4) is 0 Å². The Kier molecular flexibility index (Phi) is 3.35. The second-order valence-electron chi connectivity index (χ2n) is 3.50. The summed E-state index contributed by atoms with van der Waals surface area (Å²) in [5.41, 5.74) is 1.39. The Hall–Kier alpha value is -1.94. The maximum atomic E-state index is 11.9. The Labute approximate surface area is 104 Å². The van der Waals surface area contributed by atoms with Gasteiger partial charge in [-0.1, -0.05) is 11.6 Å². The van der Waals surface area contributed by atoms with Crippen LogP contribution in [0.25, 0.3) is 0 Å². The first kappa shape index (κ1) is 11.5. The highest BCUT2D eigenvalue weighted by Gasteiger charge is 2.09. The van der Waals surface area contributed by atoms with E-state index >= 15 is 0 Å². The minimum Gasteiger partial charge on any atom is -0.305 e. The number of anilines is 1. The third kappa shape index (κ3) is 2.79. The summed E-state index contributed by atoms with van der Waals surface area (Å²) in [6, 6.07) is 5.11. The first-order valence-electron chi connectivity index (χ1n) is 5.00. The number of nitrogens with zero attached hydrogens (tertiary/aromatic N) is 2. The monoisotopic (exact) mass is 247 g/mol. The van der Waals surface area contributed by atoms with Crippen molar-refractivity contribution in [3.05, 3.63) is 52.9 Å². The number of aryl methyl sites for hydroxylation is 1. The van der Waals surface area contributed by atoms with Crippen LogP contribution in [-0.2, 0) is 0 Å². The van der Waals surface area contributed by atoms with Gasteiger partial charge in [-0.05, 0) is 30.7 Å². The minimum absolute atomic E-state index is 0.223. The largest absolute Gasteiger partial charge is 0.305 e. The van der Waals surface area contributed by atoms with Gasteiger partial charge >= 0.3 is 0 Å². The van der Waals surface area contributed by atoms with Gasteiger partial charge in [-0.2, -0.15) is 0 Å². The SMILES string of the molecule is Cc1cc(Cl)ccc1C(=O)Nc1cnccn1. The Morgan fingerprint density at radius 1 is 1.35 bits per heavy atom. The van der Waals surface area contributed by atoms with Gasteiger partial charge in [0.2, 0.25) is 0 Å². The molecule has 0 aliphatic carbocycles. The zero-order chi connectivity index (χ0) is 12.3. The summed E-state index contributed by atoms with van der Waals surface area (Å²) in [5.74, 6) is 0.200. The van der Waals surface area contributed by atoms with Crippen molar-refractivity contribution in [3.8, 4) is 0 Å². The Bertz CT molecular complexity index is 543. The first-order chi connectivity index (χ1) is 8.16. The molecule has 86 valence electrons. The number of carbonyl (C=O) groups is 1. The molecule has 0 unspecified atom stereocenters. The second-order valence-corrected chi connectivity index (χ2v) is 3.94. The number of hydrogen-bond donors (Lipinski definition) is 1. The zero-order valence-corrected chi connectivity index (χ0v) is 9.90. The smallest absolute Gasteiger partial charge is 0.257 e. The molecular weight excluding hydrogens is 238 g/mol. The summed E-state index contributed by atoms with van der Waals surface area (Å²) in [6.07, 6.45) is 4.55. The Morgan fingerprint density at radius 3 is 2.82 bits per heavy atom. The van der Waals surface area contributed by atoms with Crippen LogP contribution in [0.1, 0.15) is 15.9 Å². The number of hydrogen-bond acceptors (Lipinski definition) is 3. The maximum Gasteiger partial charge on any atom is 0.257 e. The Balaban J connectivity index is 2.21. The van der Waals surface area contributed by atoms with Crippen molar-refractivity contribution in [2.24, 2.45) is 0 Å². The molecule has 0 aliphatic heterocycles. The van der Waals surface area contributed by atoms with Gasteiger partial charge in [-0.25, -0.2) is 4.98 Å². The molecule has 4 nitrogen and oxygen atoms in total. The summed E-state index contributed by atoms with van der Waals surface area (Å²) < 4.78 is 0. The average Bonchev–Trinajstić information content (AvgIpc) is 2.30. The average molecular weight is 248 g/mol. The predicted octanol–water partition coefficient (Wildman–Crippen LogP) is 2.69. The molecule has 1 aromatic carbocycles. The van der Waals surface area contributed by atoms with Crippen molar-refractivity contribution in [1.29, 1.82) is 0 Å². The molecule has 0 bridgehead atoms. The van der Waals surface area contributed by atoms with Crippen molar-refractivity contribution < 1.29 is 4.79 Å². The normalized spacial score (nSPS) is 10.0. The molecule has 17 heavy (non-hydrogen) atoms. The molecule has 1 N–H and O–H groups in total. The van der Waals surface area contributed by atoms with Crippen LogP contribution in [0.2, 0.25) is 5.02 Å². The molecule has 0 saturated carbocycles. The first-order valence-corrected chi connectivity index (χ1v) is 5.38. The van der Waals surface area contributed by atoms with Crippen LogP contribution in [-0.4, -0.2) is 15.9 Å². The van der Waals surface area contributed by atoms with Gasteiger partial charge in [0.25, 0.3) is 5.91 Å². The van der Waals surface area contributed by atoms with E-state index < -0.39 is 0 Å². The topological polar surface area (TPSA) is 54.9 Å². The summed E-state index contributed by atoms with van der Waals surface area (Å²) >= 11 is 5.83. The number of nitrogens with one attached hydrogen (secondary N) is 1. The van der Waals surface area contributed by atoms with E-state index in [1.807, 2.05) is 6.92 Å². The van der Waals surface area contributed by atoms with Crippen LogP contribution < -0.4 is 5.32 Å². The summed E-state index contributed by atoms with van der Waals surface area (Å²) in [6.45, 7) is 1.83. The molecule has 0 spiro atoms. The molecule has 2 aromatic rings. The maximum absolute atomic E-state index is 11.9. The lowest BCUT2D eigenvalue weighted by Crippen LogP contribution is -2.14. The molecule has 1 amide bonds. The van der Waals surface area contributed by atoms with Crippen LogP contribution >= 0.6 is 11.6 Å². The van der Waals surface area contributed by atoms with Crippen LogP contribution in [0.4, 0.5) is 5.82 Å². The highest BCUT2D eigenvalue weighted by atomic mass is 35.5. The molecule has 1 aromatic heterocycles. The summed E-state index contributed by atoms with van der Waals surface area (Å²) in [7, 11) is 0. The van der Waals surface area contributed by atoms with E-state index in [9.17, 15) is 4.79 Å². The minimum atomic E-state index is -0.223. The van der Waals surface area contributed by atoms with Crippen molar-refractivity contribution >= 4 is 23.3 Å². The van der Waals surface area contributed by atoms with E-state index in [4.69, 9.17) is 11.6 Å². The molecule has 0 saturated heterocycles. The quantitative estimate of drug-likeness (QED) is 0.888. The van der Waals surface area contributed by atoms with Gasteiger partial charge in [0, 0.05) is 23.0 Å². The van der Waals surface area contributed by atoms with E-state index in [0.717, 1.165) is 5.56 Å². The summed E-state index contributed by atoms with van der Waals surface area (Å²) in [5, 5.41) is 3.27. The van der Waals surface area contributed by atoms with E-state index in [1.54, 1.807) is 24.4 Å². The molecule has 1 heterocycles. The fraction of sp³-hybridized carbons (Fsp3) is 0.0833. The van der Waals surface area contributed by atoms with Gasteiger partial charge in [0.1, 0.15) is 0 Å². The predicted molar refractivity (Wildman–Crippen MR) is 66.2 cm³/mol. The van der Waals surface area contributed by atoms with E-state index in [1.165, 1.54) is 12.4 Å². The number of aromatic nitrogens is 2. The van der Waals surface area contributed by atoms with Crippen molar-refractivity contribution in [3.63, 3.8) is 0 Å². The van der Waals surface area contributed by atoms with Gasteiger partial charge in [0.05, 0.1) is 6.20 Å². The van der Waals surface area contributed by atoms with Crippen molar-refractivity contribution in [2.45, 2.75) is 6.92 Å². The van der Waals surface area contributed by atoms with Crippen molar-refractivity contribution in [1.82, 2.24) is 9.97 Å². The lowest BCUT2D eigenvalue weighted by Gasteiger charge is -2.06. The van der Waals surface area contributed by atoms with Gasteiger partial charge in [-0.15, -0.1) is 0 Å². The zero-order valence-electron chi connectivity index (χ0n) is 9.14. The van der Waals surface area contributed by atoms with Crippen LogP contribution in [0.5, 0.6) is 0 Å². The molecule has 0 aliphatic rings. The summed E-state index contributed by atoms with van der Waals surface area (Å²) in [4.78, 5) is 19.8. The molecule has 0 radical (unpaired) electrons.